The van der Waals surface area contributed by atoms with Gasteiger partial charge in [-0.3, -0.25) is 9.55 Å². The van der Waals surface area contributed by atoms with Crippen molar-refractivity contribution >= 4 is 28.5 Å². The third kappa shape index (κ3) is 3.86. The molecule has 0 spiro atoms. The smallest absolute Gasteiger partial charge is 0.224 e. The molecule has 0 aliphatic heterocycles. The number of tetrazole rings is 1. The normalized spacial score (nSPS) is 12.1. The van der Waals surface area contributed by atoms with E-state index in [9.17, 15) is 0 Å². The predicted octanol–water partition coefficient (Wildman–Crippen LogP) is 2.67. The van der Waals surface area contributed by atoms with Crippen LogP contribution in [-0.2, 0) is 7.05 Å². The van der Waals surface area contributed by atoms with Crippen molar-refractivity contribution in [2.24, 2.45) is 7.05 Å². The second-order valence-electron chi connectivity index (χ2n) is 6.34. The maximum atomic E-state index is 4.51. The first-order valence-electron chi connectivity index (χ1n) is 8.71. The van der Waals surface area contributed by atoms with Gasteiger partial charge in [-0.15, -0.1) is 25.2 Å². The Labute approximate surface area is 175 Å². The molecule has 1 aromatic carbocycles. The quantitative estimate of drug-likeness (QED) is 0.418. The molecule has 0 aliphatic carbocycles. The zero-order valence-electron chi connectivity index (χ0n) is 15.4. The van der Waals surface area contributed by atoms with Gasteiger partial charge in [0.25, 0.3) is 0 Å². The first-order chi connectivity index (χ1) is 13.6. The molecule has 0 amide bonds. The van der Waals surface area contributed by atoms with Gasteiger partial charge in [-0.2, -0.15) is 0 Å². The highest BCUT2D eigenvalue weighted by atomic mass is 127. The lowest BCUT2D eigenvalue weighted by atomic mass is 10.2. The monoisotopic (exact) mass is 487 g/mol. The van der Waals surface area contributed by atoms with Crippen molar-refractivity contribution in [1.29, 1.82) is 0 Å². The zero-order chi connectivity index (χ0) is 19.5. The maximum absolute atomic E-state index is 4.51. The number of rotatable bonds is 6. The Morgan fingerprint density at radius 2 is 1.93 bits per heavy atom. The minimum Gasteiger partial charge on any atom is -0.354 e. The first-order valence-corrected chi connectivity index (χ1v) is 9.79. The average Bonchev–Trinajstić information content (AvgIpc) is 3.34. The van der Waals surface area contributed by atoms with E-state index in [4.69, 9.17) is 0 Å². The van der Waals surface area contributed by atoms with Gasteiger partial charge in [-0.25, -0.2) is 0 Å². The number of nitrogens with zero attached hydrogens (tertiary/aromatic N) is 8. The summed E-state index contributed by atoms with van der Waals surface area (Å²) in [4.78, 5) is 5.59. The number of halogens is 1. The molecule has 0 aliphatic rings. The van der Waals surface area contributed by atoms with Crippen LogP contribution in [0.4, 0.5) is 5.95 Å². The number of pyridine rings is 1. The van der Waals surface area contributed by atoms with Gasteiger partial charge in [0, 0.05) is 41.0 Å². The third-order valence-electron chi connectivity index (χ3n) is 4.29. The van der Waals surface area contributed by atoms with E-state index in [2.05, 4.69) is 58.5 Å². The Morgan fingerprint density at radius 3 is 2.71 bits per heavy atom. The van der Waals surface area contributed by atoms with Crippen LogP contribution < -0.4 is 5.32 Å². The fourth-order valence-electron chi connectivity index (χ4n) is 2.70. The molecule has 0 fully saturated rings. The van der Waals surface area contributed by atoms with Crippen LogP contribution in [0.1, 0.15) is 18.7 Å². The molecule has 3 aromatic heterocycles. The van der Waals surface area contributed by atoms with Crippen LogP contribution in [-0.4, -0.2) is 46.5 Å². The van der Waals surface area contributed by atoms with Crippen LogP contribution in [0.25, 0.3) is 17.1 Å². The summed E-state index contributed by atoms with van der Waals surface area (Å²) >= 11 is 2.26. The van der Waals surface area contributed by atoms with Crippen LogP contribution in [0.3, 0.4) is 0 Å². The van der Waals surface area contributed by atoms with Gasteiger partial charge >= 0.3 is 0 Å². The molecule has 1 unspecified atom stereocenters. The first kappa shape index (κ1) is 18.5. The van der Waals surface area contributed by atoms with E-state index in [1.165, 1.54) is 0 Å². The molecule has 28 heavy (non-hydrogen) atoms. The van der Waals surface area contributed by atoms with Crippen molar-refractivity contribution in [2.45, 2.75) is 12.8 Å². The van der Waals surface area contributed by atoms with Crippen molar-refractivity contribution < 1.29 is 0 Å². The third-order valence-corrected chi connectivity index (χ3v) is 4.96. The van der Waals surface area contributed by atoms with E-state index < -0.39 is 0 Å². The molecule has 4 aromatic rings. The lowest BCUT2D eigenvalue weighted by molar-refractivity contribution is 0.701. The van der Waals surface area contributed by atoms with Gasteiger partial charge in [-0.05, 0) is 58.1 Å². The minimum atomic E-state index is 0.0533. The highest BCUT2D eigenvalue weighted by Crippen LogP contribution is 2.19. The summed E-state index contributed by atoms with van der Waals surface area (Å²) in [6, 6.07) is 11.8. The molecule has 10 heteroatoms. The number of aromatic nitrogens is 8. The highest BCUT2D eigenvalue weighted by molar-refractivity contribution is 14.1. The Bertz CT molecular complexity index is 1070. The average molecular weight is 487 g/mol. The number of benzene rings is 1. The molecule has 142 valence electrons. The van der Waals surface area contributed by atoms with E-state index in [1.807, 2.05) is 54.9 Å². The molecule has 4 rings (SSSR count). The summed E-state index contributed by atoms with van der Waals surface area (Å²) in [5, 5.41) is 24.7. The van der Waals surface area contributed by atoms with Crippen LogP contribution in [0.2, 0.25) is 0 Å². The number of anilines is 1. The van der Waals surface area contributed by atoms with Gasteiger partial charge < -0.3 is 5.32 Å². The lowest BCUT2D eigenvalue weighted by Gasteiger charge is -2.10. The Hall–Kier alpha value is -2.89. The summed E-state index contributed by atoms with van der Waals surface area (Å²) in [5.74, 6) is 2.18. The fraction of sp³-hybridized carbons (Fsp3) is 0.222. The van der Waals surface area contributed by atoms with E-state index >= 15 is 0 Å². The standard InChI is InChI=1S/C18H18IN9/c1-12(16-22-26-28(25-16)15-5-3-4-14(19)10-15)11-21-18-24-23-17(27(18)2)13-6-8-20-9-7-13/h3-10,12H,11H2,1-2H3,(H,21,24). The largest absolute Gasteiger partial charge is 0.354 e. The van der Waals surface area contributed by atoms with Crippen molar-refractivity contribution in [1.82, 2.24) is 40.0 Å². The molecule has 1 N–H and O–H groups in total. The minimum absolute atomic E-state index is 0.0533. The van der Waals surface area contributed by atoms with E-state index in [0.29, 0.717) is 18.3 Å². The molecule has 0 radical (unpaired) electrons. The van der Waals surface area contributed by atoms with Gasteiger partial charge in [-0.1, -0.05) is 13.0 Å². The zero-order valence-corrected chi connectivity index (χ0v) is 17.5. The van der Waals surface area contributed by atoms with E-state index in [1.54, 1.807) is 17.2 Å². The summed E-state index contributed by atoms with van der Waals surface area (Å²) < 4.78 is 3.04. The summed E-state index contributed by atoms with van der Waals surface area (Å²) in [5.41, 5.74) is 1.86. The predicted molar refractivity (Wildman–Crippen MR) is 113 cm³/mol. The molecule has 9 nitrogen and oxygen atoms in total. The van der Waals surface area contributed by atoms with E-state index in [0.717, 1.165) is 20.6 Å². The van der Waals surface area contributed by atoms with Crippen LogP contribution in [0.5, 0.6) is 0 Å². The topological polar surface area (TPSA) is 99.2 Å². The second-order valence-corrected chi connectivity index (χ2v) is 7.59. The van der Waals surface area contributed by atoms with Gasteiger partial charge in [0.05, 0.1) is 5.69 Å². The van der Waals surface area contributed by atoms with Crippen LogP contribution >= 0.6 is 22.6 Å². The van der Waals surface area contributed by atoms with E-state index in [-0.39, 0.29) is 5.92 Å². The summed E-state index contributed by atoms with van der Waals surface area (Å²) in [6.07, 6.45) is 3.48. The van der Waals surface area contributed by atoms with Gasteiger partial charge in [0.1, 0.15) is 0 Å². The van der Waals surface area contributed by atoms with Crippen LogP contribution in [0, 0.1) is 3.57 Å². The molecule has 1 atom stereocenters. The van der Waals surface area contributed by atoms with Crippen molar-refractivity contribution in [3.05, 3.63) is 58.2 Å². The fourth-order valence-corrected chi connectivity index (χ4v) is 3.23. The van der Waals surface area contributed by atoms with Gasteiger partial charge in [0.2, 0.25) is 5.95 Å². The molecule has 0 bridgehead atoms. The lowest BCUT2D eigenvalue weighted by Crippen LogP contribution is -2.14. The molecule has 0 saturated carbocycles. The maximum Gasteiger partial charge on any atom is 0.224 e. The number of hydrogen-bond donors (Lipinski definition) is 1. The molecular weight excluding hydrogens is 469 g/mol. The van der Waals surface area contributed by atoms with Crippen LogP contribution in [0.15, 0.2) is 48.8 Å². The van der Waals surface area contributed by atoms with Gasteiger partial charge in [0.15, 0.2) is 11.6 Å². The second kappa shape index (κ2) is 8.00. The van der Waals surface area contributed by atoms with Crippen molar-refractivity contribution in [2.75, 3.05) is 11.9 Å². The summed E-state index contributed by atoms with van der Waals surface area (Å²) in [6.45, 7) is 2.66. The Kier molecular flexibility index (Phi) is 5.28. The van der Waals surface area contributed by atoms with Crippen molar-refractivity contribution in [3.8, 4) is 17.1 Å². The molecule has 0 saturated heterocycles. The van der Waals surface area contributed by atoms with Crippen molar-refractivity contribution in [3.63, 3.8) is 0 Å². The molecular formula is C18H18IN9. The Morgan fingerprint density at radius 1 is 1.11 bits per heavy atom. The summed E-state index contributed by atoms with van der Waals surface area (Å²) in [7, 11) is 1.92. The number of nitrogens with one attached hydrogen (secondary N) is 1. The molecule has 3 heterocycles. The highest BCUT2D eigenvalue weighted by Gasteiger charge is 2.16. The SMILES string of the molecule is CC(CNc1nnc(-c2ccncc2)n1C)c1nnn(-c2cccc(I)c2)n1. The Balaban J connectivity index is 1.44. The number of hydrogen-bond acceptors (Lipinski definition) is 7.